The average molecular weight is 323 g/mol. The molecule has 3 rings (SSSR count). The van der Waals surface area contributed by atoms with E-state index in [2.05, 4.69) is 27.8 Å². The van der Waals surface area contributed by atoms with E-state index >= 15 is 0 Å². The van der Waals surface area contributed by atoms with Crippen molar-refractivity contribution in [1.29, 1.82) is 0 Å². The monoisotopic (exact) mass is 323 g/mol. The summed E-state index contributed by atoms with van der Waals surface area (Å²) in [6.45, 7) is 2.23. The van der Waals surface area contributed by atoms with Crippen molar-refractivity contribution in [3.63, 3.8) is 0 Å². The Bertz CT molecular complexity index is 500. The van der Waals surface area contributed by atoms with Crippen LogP contribution in [0, 0.1) is 5.92 Å². The number of rotatable bonds is 5. The first-order valence-electron chi connectivity index (χ1n) is 8.44. The zero-order chi connectivity index (χ0) is 15.4. The lowest BCUT2D eigenvalue weighted by molar-refractivity contribution is -0.119. The van der Waals surface area contributed by atoms with Crippen LogP contribution in [0.1, 0.15) is 64.3 Å². The van der Waals surface area contributed by atoms with Crippen LogP contribution in [0.15, 0.2) is 5.16 Å². The Hall–Kier alpha value is -1.11. The third-order valence-corrected chi connectivity index (χ3v) is 5.86. The molecular formula is C15H25N5OS. The quantitative estimate of drug-likeness (QED) is 0.843. The number of amides is 1. The molecule has 7 heteroatoms. The Morgan fingerprint density at radius 1 is 1.23 bits per heavy atom. The Morgan fingerprint density at radius 3 is 2.73 bits per heavy atom. The third kappa shape index (κ3) is 3.80. The van der Waals surface area contributed by atoms with E-state index in [1.165, 1.54) is 43.9 Å². The minimum absolute atomic E-state index is 0.102. The van der Waals surface area contributed by atoms with Gasteiger partial charge in [-0.15, -0.1) is 5.10 Å². The average Bonchev–Trinajstić information content (AvgIpc) is 3.18. The molecule has 122 valence electrons. The second kappa shape index (κ2) is 7.44. The first kappa shape index (κ1) is 15.8. The van der Waals surface area contributed by atoms with Crippen LogP contribution < -0.4 is 5.32 Å². The summed E-state index contributed by atoms with van der Waals surface area (Å²) in [4.78, 5) is 12.2. The van der Waals surface area contributed by atoms with Gasteiger partial charge in [-0.2, -0.15) is 0 Å². The lowest BCUT2D eigenvalue weighted by atomic mass is 9.86. The van der Waals surface area contributed by atoms with Crippen molar-refractivity contribution in [1.82, 2.24) is 25.5 Å². The molecule has 0 bridgehead atoms. The minimum Gasteiger partial charge on any atom is -0.352 e. The van der Waals surface area contributed by atoms with Crippen molar-refractivity contribution in [2.75, 3.05) is 5.75 Å². The lowest BCUT2D eigenvalue weighted by Gasteiger charge is -2.29. The normalized spacial score (nSPS) is 26.2. The molecule has 0 radical (unpaired) electrons. The van der Waals surface area contributed by atoms with E-state index in [1.54, 1.807) is 0 Å². The molecule has 2 fully saturated rings. The number of hydrogen-bond donors (Lipinski definition) is 1. The number of hydrogen-bond acceptors (Lipinski definition) is 5. The van der Waals surface area contributed by atoms with Crippen LogP contribution >= 0.6 is 11.8 Å². The molecular weight excluding hydrogens is 298 g/mol. The van der Waals surface area contributed by atoms with Crippen LogP contribution in [-0.4, -0.2) is 37.9 Å². The highest BCUT2D eigenvalue weighted by molar-refractivity contribution is 7.99. The van der Waals surface area contributed by atoms with Crippen molar-refractivity contribution in [2.24, 2.45) is 5.92 Å². The third-order valence-electron chi connectivity index (χ3n) is 4.92. The predicted octanol–water partition coefficient (Wildman–Crippen LogP) is 2.58. The number of thioether (sulfide) groups is 1. The largest absolute Gasteiger partial charge is 0.352 e. The smallest absolute Gasteiger partial charge is 0.230 e. The Kier molecular flexibility index (Phi) is 5.33. The molecule has 2 unspecified atom stereocenters. The van der Waals surface area contributed by atoms with E-state index in [9.17, 15) is 4.79 Å². The molecule has 2 aliphatic rings. The van der Waals surface area contributed by atoms with E-state index in [-0.39, 0.29) is 5.91 Å². The maximum Gasteiger partial charge on any atom is 0.230 e. The van der Waals surface area contributed by atoms with E-state index in [0.717, 1.165) is 24.4 Å². The van der Waals surface area contributed by atoms with Crippen LogP contribution in [0.2, 0.25) is 0 Å². The lowest BCUT2D eigenvalue weighted by Crippen LogP contribution is -2.41. The molecule has 1 aromatic heterocycles. The van der Waals surface area contributed by atoms with Gasteiger partial charge in [-0.3, -0.25) is 4.79 Å². The SMILES string of the molecule is CC1CCCCC1NC(=O)CSc1nnnn1C1CCCC1. The number of aromatic nitrogens is 4. The molecule has 0 saturated heterocycles. The van der Waals surface area contributed by atoms with Gasteiger partial charge in [0.05, 0.1) is 11.8 Å². The first-order valence-corrected chi connectivity index (χ1v) is 9.42. The fourth-order valence-electron chi connectivity index (χ4n) is 3.57. The van der Waals surface area contributed by atoms with Crippen LogP contribution in [0.5, 0.6) is 0 Å². The predicted molar refractivity (Wildman–Crippen MR) is 85.6 cm³/mol. The summed E-state index contributed by atoms with van der Waals surface area (Å²) in [5.41, 5.74) is 0. The fourth-order valence-corrected chi connectivity index (χ4v) is 4.32. The Balaban J connectivity index is 1.49. The van der Waals surface area contributed by atoms with Crippen molar-refractivity contribution >= 4 is 17.7 Å². The molecule has 0 spiro atoms. The summed E-state index contributed by atoms with van der Waals surface area (Å²) in [6.07, 6.45) is 9.62. The zero-order valence-corrected chi connectivity index (χ0v) is 14.0. The molecule has 0 aromatic carbocycles. The standard InChI is InChI=1S/C15H25N5OS/c1-11-6-2-5-9-13(11)16-14(21)10-22-15-17-18-19-20(15)12-7-3-4-8-12/h11-13H,2-10H2,1H3,(H,16,21). The second-order valence-corrected chi connectivity index (χ2v) is 7.51. The van der Waals surface area contributed by atoms with Gasteiger partial charge in [0.1, 0.15) is 0 Å². The maximum atomic E-state index is 12.2. The molecule has 2 saturated carbocycles. The topological polar surface area (TPSA) is 72.7 Å². The molecule has 0 aliphatic heterocycles. The van der Waals surface area contributed by atoms with Gasteiger partial charge >= 0.3 is 0 Å². The van der Waals surface area contributed by atoms with Crippen LogP contribution in [-0.2, 0) is 4.79 Å². The summed E-state index contributed by atoms with van der Waals surface area (Å²) >= 11 is 1.45. The fraction of sp³-hybridized carbons (Fsp3) is 0.867. The van der Waals surface area contributed by atoms with E-state index < -0.39 is 0 Å². The zero-order valence-electron chi connectivity index (χ0n) is 13.2. The van der Waals surface area contributed by atoms with Gasteiger partial charge in [-0.25, -0.2) is 4.68 Å². The number of nitrogens with zero attached hydrogens (tertiary/aromatic N) is 4. The van der Waals surface area contributed by atoms with Gasteiger partial charge in [0.2, 0.25) is 11.1 Å². The summed E-state index contributed by atoms with van der Waals surface area (Å²) in [5.74, 6) is 1.09. The molecule has 1 aromatic rings. The number of carbonyl (C=O) groups excluding carboxylic acids is 1. The summed E-state index contributed by atoms with van der Waals surface area (Å²) < 4.78 is 1.91. The van der Waals surface area contributed by atoms with E-state index in [1.807, 2.05) is 4.68 Å². The van der Waals surface area contributed by atoms with Gasteiger partial charge in [0.15, 0.2) is 0 Å². The van der Waals surface area contributed by atoms with Crippen molar-refractivity contribution in [2.45, 2.75) is 75.5 Å². The van der Waals surface area contributed by atoms with Crippen LogP contribution in [0.25, 0.3) is 0 Å². The molecule has 6 nitrogen and oxygen atoms in total. The molecule has 2 atom stereocenters. The Labute approximate surface area is 135 Å². The van der Waals surface area contributed by atoms with Gasteiger partial charge in [-0.1, -0.05) is 44.4 Å². The van der Waals surface area contributed by atoms with Crippen LogP contribution in [0.4, 0.5) is 0 Å². The second-order valence-electron chi connectivity index (χ2n) is 6.57. The molecule has 22 heavy (non-hydrogen) atoms. The van der Waals surface area contributed by atoms with Gasteiger partial charge < -0.3 is 5.32 Å². The molecule has 1 N–H and O–H groups in total. The summed E-state index contributed by atoms with van der Waals surface area (Å²) in [6, 6.07) is 0.756. The first-order chi connectivity index (χ1) is 10.7. The molecule has 2 aliphatic carbocycles. The van der Waals surface area contributed by atoms with Crippen molar-refractivity contribution < 1.29 is 4.79 Å². The van der Waals surface area contributed by atoms with Crippen molar-refractivity contribution in [3.05, 3.63) is 0 Å². The van der Waals surface area contributed by atoms with Gasteiger partial charge in [-0.05, 0) is 42.0 Å². The molecule has 1 heterocycles. The van der Waals surface area contributed by atoms with E-state index in [0.29, 0.717) is 23.8 Å². The highest BCUT2D eigenvalue weighted by Crippen LogP contribution is 2.31. The van der Waals surface area contributed by atoms with Crippen LogP contribution in [0.3, 0.4) is 0 Å². The summed E-state index contributed by atoms with van der Waals surface area (Å²) in [5, 5.41) is 15.9. The van der Waals surface area contributed by atoms with E-state index in [4.69, 9.17) is 0 Å². The number of tetrazole rings is 1. The number of carbonyl (C=O) groups is 1. The maximum absolute atomic E-state index is 12.2. The summed E-state index contributed by atoms with van der Waals surface area (Å²) in [7, 11) is 0. The minimum atomic E-state index is 0.102. The molecule has 1 amide bonds. The number of nitrogens with one attached hydrogen (secondary N) is 1. The highest BCUT2D eigenvalue weighted by atomic mass is 32.2. The van der Waals surface area contributed by atoms with Crippen molar-refractivity contribution in [3.8, 4) is 0 Å². The van der Waals surface area contributed by atoms with Gasteiger partial charge in [0, 0.05) is 6.04 Å². The highest BCUT2D eigenvalue weighted by Gasteiger charge is 2.24. The van der Waals surface area contributed by atoms with Gasteiger partial charge in [0.25, 0.3) is 0 Å². The Morgan fingerprint density at radius 2 is 1.95 bits per heavy atom.